The van der Waals surface area contributed by atoms with E-state index in [1.807, 2.05) is 29.6 Å². The molecule has 0 unspecified atom stereocenters. The number of anilines is 1. The van der Waals surface area contributed by atoms with E-state index in [-0.39, 0.29) is 5.91 Å². The van der Waals surface area contributed by atoms with Crippen molar-refractivity contribution in [1.82, 2.24) is 4.98 Å². The minimum Gasteiger partial charge on any atom is -0.298 e. The Hall–Kier alpha value is -1.88. The van der Waals surface area contributed by atoms with Crippen LogP contribution in [0.5, 0.6) is 0 Å². The largest absolute Gasteiger partial charge is 0.298 e. The van der Waals surface area contributed by atoms with Crippen LogP contribution in [0.1, 0.15) is 10.4 Å². The lowest BCUT2D eigenvalue weighted by atomic mass is 10.2. The molecule has 1 heterocycles. The minimum absolute atomic E-state index is 0.225. The Kier molecular flexibility index (Phi) is 4.43. The number of carbonyl (C=O) groups is 1. The van der Waals surface area contributed by atoms with Gasteiger partial charge < -0.3 is 0 Å². The number of nitrogens with zero attached hydrogens (tertiary/aromatic N) is 1. The fourth-order valence-corrected chi connectivity index (χ4v) is 2.96. The fourth-order valence-electron chi connectivity index (χ4n) is 1.89. The lowest BCUT2D eigenvalue weighted by Gasteiger charge is -2.02. The van der Waals surface area contributed by atoms with Crippen LogP contribution in [0.3, 0.4) is 0 Å². The predicted molar refractivity (Wildman–Crippen MR) is 92.0 cm³/mol. The standard InChI is InChI=1S/C16H10Cl2N2OS/c17-11-7-5-10(6-8-11)15(21)20-16-19-14(9-22-16)12-3-1-2-4-13(12)18/h1-9H,(H,19,20,21). The second-order valence-electron chi connectivity index (χ2n) is 4.48. The zero-order valence-corrected chi connectivity index (χ0v) is 13.5. The van der Waals surface area contributed by atoms with Crippen LogP contribution in [0.4, 0.5) is 5.13 Å². The number of hydrogen-bond donors (Lipinski definition) is 1. The van der Waals surface area contributed by atoms with Crippen molar-refractivity contribution in [3.05, 3.63) is 69.5 Å². The van der Waals surface area contributed by atoms with Crippen LogP contribution in [0.2, 0.25) is 10.0 Å². The van der Waals surface area contributed by atoms with Crippen molar-refractivity contribution in [2.45, 2.75) is 0 Å². The van der Waals surface area contributed by atoms with E-state index in [1.54, 1.807) is 24.3 Å². The molecule has 2 aromatic carbocycles. The summed E-state index contributed by atoms with van der Waals surface area (Å²) in [6.07, 6.45) is 0. The molecule has 0 aliphatic rings. The highest BCUT2D eigenvalue weighted by molar-refractivity contribution is 7.14. The molecule has 3 rings (SSSR count). The molecule has 0 saturated heterocycles. The summed E-state index contributed by atoms with van der Waals surface area (Å²) in [7, 11) is 0. The molecule has 3 aromatic rings. The van der Waals surface area contributed by atoms with Gasteiger partial charge in [0.1, 0.15) is 0 Å². The Morgan fingerprint density at radius 2 is 1.77 bits per heavy atom. The summed E-state index contributed by atoms with van der Waals surface area (Å²) < 4.78 is 0. The highest BCUT2D eigenvalue weighted by Crippen LogP contribution is 2.30. The van der Waals surface area contributed by atoms with Gasteiger partial charge in [-0.15, -0.1) is 11.3 Å². The van der Waals surface area contributed by atoms with Gasteiger partial charge in [0.25, 0.3) is 5.91 Å². The highest BCUT2D eigenvalue weighted by atomic mass is 35.5. The van der Waals surface area contributed by atoms with Gasteiger partial charge in [-0.25, -0.2) is 4.98 Å². The zero-order valence-electron chi connectivity index (χ0n) is 11.2. The third-order valence-electron chi connectivity index (χ3n) is 2.98. The molecule has 0 aliphatic carbocycles. The van der Waals surface area contributed by atoms with E-state index in [2.05, 4.69) is 10.3 Å². The fraction of sp³-hybridized carbons (Fsp3) is 0. The summed E-state index contributed by atoms with van der Waals surface area (Å²) >= 11 is 13.3. The second-order valence-corrected chi connectivity index (χ2v) is 6.18. The van der Waals surface area contributed by atoms with Gasteiger partial charge >= 0.3 is 0 Å². The van der Waals surface area contributed by atoms with E-state index in [1.165, 1.54) is 11.3 Å². The SMILES string of the molecule is O=C(Nc1nc(-c2ccccc2Cl)cs1)c1ccc(Cl)cc1. The van der Waals surface area contributed by atoms with Gasteiger partial charge in [-0.1, -0.05) is 41.4 Å². The van der Waals surface area contributed by atoms with Crippen molar-refractivity contribution >= 4 is 45.6 Å². The molecule has 0 aliphatic heterocycles. The van der Waals surface area contributed by atoms with E-state index in [4.69, 9.17) is 23.2 Å². The lowest BCUT2D eigenvalue weighted by molar-refractivity contribution is 0.102. The summed E-state index contributed by atoms with van der Waals surface area (Å²) in [4.78, 5) is 16.5. The molecule has 1 amide bonds. The second kappa shape index (κ2) is 6.48. The zero-order chi connectivity index (χ0) is 15.5. The third-order valence-corrected chi connectivity index (χ3v) is 4.32. The predicted octanol–water partition coefficient (Wildman–Crippen LogP) is 5.37. The van der Waals surface area contributed by atoms with Gasteiger partial charge in [0, 0.05) is 26.6 Å². The van der Waals surface area contributed by atoms with Crippen LogP contribution in [0.25, 0.3) is 11.3 Å². The number of benzene rings is 2. The minimum atomic E-state index is -0.225. The Bertz CT molecular complexity index is 815. The lowest BCUT2D eigenvalue weighted by Crippen LogP contribution is -2.11. The molecule has 0 atom stereocenters. The van der Waals surface area contributed by atoms with Crippen LogP contribution in [-0.2, 0) is 0 Å². The number of amides is 1. The summed E-state index contributed by atoms with van der Waals surface area (Å²) in [6, 6.07) is 14.1. The molecule has 0 saturated carbocycles. The summed E-state index contributed by atoms with van der Waals surface area (Å²) in [5.41, 5.74) is 2.10. The van der Waals surface area contributed by atoms with Crippen molar-refractivity contribution in [2.24, 2.45) is 0 Å². The molecular formula is C16H10Cl2N2OS. The monoisotopic (exact) mass is 348 g/mol. The summed E-state index contributed by atoms with van der Waals surface area (Å²) in [5, 5.41) is 6.37. The molecule has 0 radical (unpaired) electrons. The first kappa shape index (κ1) is 15.0. The maximum absolute atomic E-state index is 12.1. The first-order valence-corrected chi connectivity index (χ1v) is 8.04. The molecule has 1 aromatic heterocycles. The number of carbonyl (C=O) groups excluding carboxylic acids is 1. The van der Waals surface area contributed by atoms with Crippen LogP contribution < -0.4 is 5.32 Å². The molecule has 22 heavy (non-hydrogen) atoms. The normalized spacial score (nSPS) is 10.5. The maximum atomic E-state index is 12.1. The Balaban J connectivity index is 1.78. The van der Waals surface area contributed by atoms with E-state index >= 15 is 0 Å². The number of thiazole rings is 1. The summed E-state index contributed by atoms with van der Waals surface area (Å²) in [5.74, 6) is -0.225. The Labute approximate surface area is 141 Å². The van der Waals surface area contributed by atoms with Crippen molar-refractivity contribution in [3.63, 3.8) is 0 Å². The Morgan fingerprint density at radius 1 is 1.05 bits per heavy atom. The highest BCUT2D eigenvalue weighted by Gasteiger charge is 2.11. The maximum Gasteiger partial charge on any atom is 0.257 e. The molecule has 0 spiro atoms. The molecule has 1 N–H and O–H groups in total. The van der Waals surface area contributed by atoms with Crippen molar-refractivity contribution in [1.29, 1.82) is 0 Å². The number of nitrogens with one attached hydrogen (secondary N) is 1. The van der Waals surface area contributed by atoms with Gasteiger partial charge in [0.2, 0.25) is 0 Å². The Morgan fingerprint density at radius 3 is 2.50 bits per heavy atom. The van der Waals surface area contributed by atoms with Crippen LogP contribution >= 0.6 is 34.5 Å². The van der Waals surface area contributed by atoms with Crippen LogP contribution in [0.15, 0.2) is 53.9 Å². The van der Waals surface area contributed by atoms with E-state index < -0.39 is 0 Å². The molecule has 110 valence electrons. The van der Waals surface area contributed by atoms with Crippen molar-refractivity contribution in [3.8, 4) is 11.3 Å². The number of rotatable bonds is 3. The first-order chi connectivity index (χ1) is 10.6. The van der Waals surface area contributed by atoms with Gasteiger partial charge in [-0.3, -0.25) is 10.1 Å². The quantitative estimate of drug-likeness (QED) is 0.691. The van der Waals surface area contributed by atoms with Crippen LogP contribution in [-0.4, -0.2) is 10.9 Å². The number of halogens is 2. The van der Waals surface area contributed by atoms with Crippen LogP contribution in [0, 0.1) is 0 Å². The molecule has 0 bridgehead atoms. The average Bonchev–Trinajstić information content (AvgIpc) is 2.96. The van der Waals surface area contributed by atoms with E-state index in [9.17, 15) is 4.79 Å². The molecule has 3 nitrogen and oxygen atoms in total. The molecule has 6 heteroatoms. The van der Waals surface area contributed by atoms with Gasteiger partial charge in [-0.2, -0.15) is 0 Å². The number of aromatic nitrogens is 1. The molecule has 0 fully saturated rings. The van der Waals surface area contributed by atoms with Gasteiger partial charge in [0.05, 0.1) is 5.69 Å². The van der Waals surface area contributed by atoms with E-state index in [0.717, 1.165) is 11.3 Å². The van der Waals surface area contributed by atoms with E-state index in [0.29, 0.717) is 20.7 Å². The number of hydrogen-bond acceptors (Lipinski definition) is 3. The van der Waals surface area contributed by atoms with Crippen molar-refractivity contribution < 1.29 is 4.79 Å². The smallest absolute Gasteiger partial charge is 0.257 e. The first-order valence-electron chi connectivity index (χ1n) is 6.41. The average molecular weight is 349 g/mol. The molecular weight excluding hydrogens is 339 g/mol. The third kappa shape index (κ3) is 3.30. The van der Waals surface area contributed by atoms with Crippen molar-refractivity contribution in [2.75, 3.05) is 5.32 Å². The summed E-state index contributed by atoms with van der Waals surface area (Å²) in [6.45, 7) is 0. The topological polar surface area (TPSA) is 42.0 Å². The van der Waals surface area contributed by atoms with Gasteiger partial charge in [0.15, 0.2) is 5.13 Å². The van der Waals surface area contributed by atoms with Gasteiger partial charge in [-0.05, 0) is 30.3 Å².